The number of aromatic hydroxyl groups is 1. The Bertz CT molecular complexity index is 1680. The average Bonchev–Trinajstić information content (AvgIpc) is 3.32. The van der Waals surface area contributed by atoms with Gasteiger partial charge in [0.2, 0.25) is 5.91 Å². The first-order valence-corrected chi connectivity index (χ1v) is 15.9. The lowest BCUT2D eigenvalue weighted by atomic mass is 9.55. The number of fused-ring (bicyclic) bond motifs is 2. The topological polar surface area (TPSA) is 124 Å². The van der Waals surface area contributed by atoms with Gasteiger partial charge in [-0.05, 0) is 60.6 Å². The number of hydrogen-bond donors (Lipinski definition) is 3. The molecule has 9 heteroatoms. The van der Waals surface area contributed by atoms with Crippen LogP contribution in [0, 0.1) is 17.8 Å². The molecule has 1 amide bonds. The van der Waals surface area contributed by atoms with Gasteiger partial charge in [0, 0.05) is 24.8 Å². The van der Waals surface area contributed by atoms with Crippen LogP contribution in [0.2, 0.25) is 0 Å². The minimum atomic E-state index is -1.76. The third kappa shape index (κ3) is 4.43. The summed E-state index contributed by atoms with van der Waals surface area (Å²) in [7, 11) is 1.45. The molecule has 1 saturated carbocycles. The minimum Gasteiger partial charge on any atom is -0.504 e. The molecular formula is C37H41NO8. The first-order chi connectivity index (χ1) is 21.9. The zero-order chi connectivity index (χ0) is 32.6. The quantitative estimate of drug-likeness (QED) is 0.370. The average molecular weight is 628 g/mol. The number of phenols is 1. The van der Waals surface area contributed by atoms with E-state index < -0.39 is 40.7 Å². The van der Waals surface area contributed by atoms with E-state index in [1.54, 1.807) is 19.1 Å². The van der Waals surface area contributed by atoms with E-state index in [1.807, 2.05) is 43.3 Å². The van der Waals surface area contributed by atoms with Crippen LogP contribution in [0.4, 0.5) is 0 Å². The van der Waals surface area contributed by atoms with Crippen LogP contribution in [0.5, 0.6) is 11.5 Å². The molecule has 3 aliphatic carbocycles. The van der Waals surface area contributed by atoms with Gasteiger partial charge in [0.1, 0.15) is 17.3 Å². The number of ether oxygens (including phenoxy) is 4. The maximum absolute atomic E-state index is 13.8. The van der Waals surface area contributed by atoms with E-state index in [0.29, 0.717) is 29.6 Å². The highest BCUT2D eigenvalue weighted by atomic mass is 16.9. The van der Waals surface area contributed by atoms with Crippen molar-refractivity contribution >= 4 is 11.7 Å². The molecule has 9 nitrogen and oxygen atoms in total. The van der Waals surface area contributed by atoms with Gasteiger partial charge in [-0.3, -0.25) is 9.59 Å². The summed E-state index contributed by atoms with van der Waals surface area (Å²) in [4.78, 5) is 26.9. The Morgan fingerprint density at radius 2 is 1.89 bits per heavy atom. The van der Waals surface area contributed by atoms with Crippen molar-refractivity contribution in [1.29, 1.82) is 0 Å². The van der Waals surface area contributed by atoms with Gasteiger partial charge in [0.15, 0.2) is 17.3 Å². The number of hydrogen-bond acceptors (Lipinski definition) is 8. The molecule has 242 valence electrons. The van der Waals surface area contributed by atoms with Crippen molar-refractivity contribution in [3.05, 3.63) is 95.1 Å². The summed E-state index contributed by atoms with van der Waals surface area (Å²) in [5.41, 5.74) is 0.0668. The predicted octanol–water partition coefficient (Wildman–Crippen LogP) is 4.32. The van der Waals surface area contributed by atoms with Crippen molar-refractivity contribution in [2.45, 2.75) is 75.3 Å². The highest BCUT2D eigenvalue weighted by molar-refractivity contribution is 6.05. The second kappa shape index (κ2) is 10.6. The molecule has 3 unspecified atom stereocenters. The third-order valence-electron chi connectivity index (χ3n) is 10.9. The number of rotatable bonds is 8. The lowest BCUT2D eigenvalue weighted by Crippen LogP contribution is -2.70. The summed E-state index contributed by atoms with van der Waals surface area (Å²) in [5, 5.41) is 25.3. The fourth-order valence-electron chi connectivity index (χ4n) is 8.80. The maximum Gasteiger partial charge on any atom is 0.289 e. The van der Waals surface area contributed by atoms with Gasteiger partial charge in [-0.1, -0.05) is 67.6 Å². The standard InChI is InChI=1S/C37H41NO8/c1-21(2)35-17-23(4)37-27(33(35)44-36(45-35,46-37)19-24-9-7-6-8-10-24)14-26(18-34(42)30(37)13-22(3)32(34)41)20-38-31(40)16-25-11-12-28(39)29(15-25)43-5/h6-15,23,27,30,33,39,42H,1,16-20H2,2-5H3,(H,38,40)/t23-,27+,30-,33?,34-,35+,36?,37?/m1/s1. The maximum atomic E-state index is 13.8. The molecule has 3 bridgehead atoms. The van der Waals surface area contributed by atoms with Gasteiger partial charge in [-0.25, -0.2) is 0 Å². The number of amides is 1. The Balaban J connectivity index is 1.27. The molecule has 2 heterocycles. The monoisotopic (exact) mass is 627 g/mol. The molecule has 3 N–H and O–H groups in total. The van der Waals surface area contributed by atoms with Crippen molar-refractivity contribution in [1.82, 2.24) is 5.32 Å². The third-order valence-corrected chi connectivity index (χ3v) is 10.9. The van der Waals surface area contributed by atoms with Crippen molar-refractivity contribution < 1.29 is 38.7 Å². The number of methoxy groups -OCH3 is 1. The van der Waals surface area contributed by atoms with Crippen LogP contribution >= 0.6 is 0 Å². The molecule has 3 fully saturated rings. The molecule has 0 radical (unpaired) electrons. The molecule has 0 aromatic heterocycles. The van der Waals surface area contributed by atoms with Crippen molar-refractivity contribution in [3.8, 4) is 11.5 Å². The zero-order valence-corrected chi connectivity index (χ0v) is 26.7. The molecule has 46 heavy (non-hydrogen) atoms. The van der Waals surface area contributed by atoms with Crippen LogP contribution in [0.3, 0.4) is 0 Å². The number of carbonyl (C=O) groups excluding carboxylic acids is 2. The fourth-order valence-corrected chi connectivity index (χ4v) is 8.80. The van der Waals surface area contributed by atoms with E-state index in [4.69, 9.17) is 18.9 Å². The molecule has 7 rings (SSSR count). The Morgan fingerprint density at radius 3 is 2.61 bits per heavy atom. The smallest absolute Gasteiger partial charge is 0.289 e. The lowest BCUT2D eigenvalue weighted by Gasteiger charge is -2.59. The van der Waals surface area contributed by atoms with Gasteiger partial charge < -0.3 is 34.5 Å². The van der Waals surface area contributed by atoms with Gasteiger partial charge >= 0.3 is 0 Å². The van der Waals surface area contributed by atoms with E-state index >= 15 is 0 Å². The Hall–Kier alpha value is -3.76. The van der Waals surface area contributed by atoms with Gasteiger partial charge in [-0.2, -0.15) is 0 Å². The summed E-state index contributed by atoms with van der Waals surface area (Å²) in [5.74, 6) is -2.94. The van der Waals surface area contributed by atoms with Crippen LogP contribution in [-0.4, -0.2) is 64.4 Å². The molecule has 5 aliphatic rings. The second-order valence-electron chi connectivity index (χ2n) is 13.8. The number of phenolic OH excluding ortho intramolecular Hbond substituents is 1. The predicted molar refractivity (Wildman–Crippen MR) is 169 cm³/mol. The Kier molecular flexibility index (Phi) is 7.14. The van der Waals surface area contributed by atoms with E-state index in [2.05, 4.69) is 24.9 Å². The van der Waals surface area contributed by atoms with E-state index in [9.17, 15) is 19.8 Å². The SMILES string of the molecule is C=C(C)[C@@]12C[C@@H](C)C34OC(Cc5ccccc5)(OC1[C@@H]3C=C(CNC(=O)Cc1ccc(O)c(OC)c1)C[C@]1(O)C(=O)C(C)=C[C@@H]41)O2. The first kappa shape index (κ1) is 30.9. The molecular weight excluding hydrogens is 586 g/mol. The Labute approximate surface area is 268 Å². The van der Waals surface area contributed by atoms with Crippen LogP contribution in [0.25, 0.3) is 0 Å². The van der Waals surface area contributed by atoms with E-state index in [-0.39, 0.29) is 48.5 Å². The van der Waals surface area contributed by atoms with Crippen LogP contribution in [-0.2, 0) is 36.6 Å². The minimum absolute atomic E-state index is 0.00575. The summed E-state index contributed by atoms with van der Waals surface area (Å²) >= 11 is 0. The number of benzene rings is 2. The summed E-state index contributed by atoms with van der Waals surface area (Å²) < 4.78 is 26.1. The van der Waals surface area contributed by atoms with Gasteiger partial charge in [0.05, 0.1) is 25.6 Å². The number of nitrogens with one attached hydrogen (secondary N) is 1. The molecule has 0 spiro atoms. The molecule has 2 aromatic carbocycles. The summed E-state index contributed by atoms with van der Waals surface area (Å²) in [6, 6.07) is 14.7. The van der Waals surface area contributed by atoms with Gasteiger partial charge in [-0.15, -0.1) is 0 Å². The zero-order valence-electron chi connectivity index (χ0n) is 26.7. The van der Waals surface area contributed by atoms with E-state index in [0.717, 1.165) is 11.1 Å². The van der Waals surface area contributed by atoms with Crippen molar-refractivity contribution in [3.63, 3.8) is 0 Å². The number of ketones is 1. The molecule has 2 saturated heterocycles. The first-order valence-electron chi connectivity index (χ1n) is 15.9. The lowest BCUT2D eigenvalue weighted by molar-refractivity contribution is -0.421. The molecule has 2 aromatic rings. The summed E-state index contributed by atoms with van der Waals surface area (Å²) in [6.07, 6.45) is 4.45. The molecule has 8 atom stereocenters. The number of carbonyl (C=O) groups is 2. The highest BCUT2D eigenvalue weighted by Crippen LogP contribution is 2.68. The Morgan fingerprint density at radius 1 is 1.13 bits per heavy atom. The molecule has 2 aliphatic heterocycles. The largest absolute Gasteiger partial charge is 0.504 e. The summed E-state index contributed by atoms with van der Waals surface area (Å²) in [6.45, 7) is 10.3. The van der Waals surface area contributed by atoms with Crippen molar-refractivity contribution in [2.24, 2.45) is 17.8 Å². The highest BCUT2D eigenvalue weighted by Gasteiger charge is 2.79. The van der Waals surface area contributed by atoms with Crippen LogP contribution in [0.15, 0.2) is 84.0 Å². The fraction of sp³-hybridized carbons (Fsp3) is 0.459. The second-order valence-corrected chi connectivity index (χ2v) is 13.8. The van der Waals surface area contributed by atoms with Gasteiger partial charge in [0.25, 0.3) is 5.97 Å². The van der Waals surface area contributed by atoms with Crippen molar-refractivity contribution in [2.75, 3.05) is 13.7 Å². The van der Waals surface area contributed by atoms with Crippen LogP contribution < -0.4 is 10.1 Å². The van der Waals surface area contributed by atoms with E-state index in [1.165, 1.54) is 13.2 Å². The normalized spacial score (nSPS) is 37.1. The number of aliphatic hydroxyl groups is 1. The number of Topliss-reactive ketones (excluding diaryl/α,β-unsaturated/α-hetero) is 1. The van der Waals surface area contributed by atoms with Crippen LogP contribution in [0.1, 0.15) is 44.7 Å².